The van der Waals surface area contributed by atoms with Crippen LogP contribution in [0.1, 0.15) is 41.4 Å². The Morgan fingerprint density at radius 1 is 1.26 bits per heavy atom. The molecule has 8 heteroatoms. The molecule has 27 heavy (non-hydrogen) atoms. The molecule has 1 N–H and O–H groups in total. The number of fused-ring (bicyclic) bond motifs is 1. The molecule has 4 rings (SSSR count). The molecular weight excluding hydrogens is 386 g/mol. The van der Waals surface area contributed by atoms with Gasteiger partial charge >= 0.3 is 5.97 Å². The second-order valence-electron chi connectivity index (χ2n) is 6.46. The summed E-state index contributed by atoms with van der Waals surface area (Å²) in [6.45, 7) is -0.376. The maximum absolute atomic E-state index is 12.3. The summed E-state index contributed by atoms with van der Waals surface area (Å²) in [4.78, 5) is 24.8. The van der Waals surface area contributed by atoms with Crippen LogP contribution in [0.4, 0.5) is 5.82 Å². The summed E-state index contributed by atoms with van der Waals surface area (Å²) in [5, 5.41) is 8.25. The number of anilines is 1. The van der Waals surface area contributed by atoms with Gasteiger partial charge in [0.15, 0.2) is 6.61 Å². The number of hydrogen-bond donors (Lipinski definition) is 1. The lowest BCUT2D eigenvalue weighted by atomic mass is 10.2. The van der Waals surface area contributed by atoms with E-state index in [9.17, 15) is 9.59 Å². The van der Waals surface area contributed by atoms with Crippen molar-refractivity contribution in [1.29, 1.82) is 0 Å². The van der Waals surface area contributed by atoms with Crippen molar-refractivity contribution in [1.82, 2.24) is 9.78 Å². The molecule has 1 saturated carbocycles. The average molecular weight is 404 g/mol. The number of aromatic nitrogens is 2. The van der Waals surface area contributed by atoms with Crippen LogP contribution in [0.25, 0.3) is 10.1 Å². The van der Waals surface area contributed by atoms with Gasteiger partial charge in [0, 0.05) is 16.2 Å². The molecular formula is C19H18ClN3O3S. The summed E-state index contributed by atoms with van der Waals surface area (Å²) in [7, 11) is 0. The number of halogens is 1. The number of esters is 1. The number of nitrogens with one attached hydrogen (secondary N) is 1. The number of rotatable bonds is 5. The number of benzene rings is 1. The van der Waals surface area contributed by atoms with Gasteiger partial charge in [0.05, 0.1) is 17.3 Å². The van der Waals surface area contributed by atoms with Crippen molar-refractivity contribution in [3.05, 3.63) is 46.4 Å². The molecule has 0 bridgehead atoms. The lowest BCUT2D eigenvalue weighted by Crippen LogP contribution is -2.23. The van der Waals surface area contributed by atoms with E-state index in [1.54, 1.807) is 12.3 Å². The summed E-state index contributed by atoms with van der Waals surface area (Å²) < 4.78 is 7.90. The van der Waals surface area contributed by atoms with E-state index in [0.29, 0.717) is 21.8 Å². The maximum Gasteiger partial charge on any atom is 0.350 e. The summed E-state index contributed by atoms with van der Waals surface area (Å²) in [6, 6.07) is 9.54. The quantitative estimate of drug-likeness (QED) is 0.628. The summed E-state index contributed by atoms with van der Waals surface area (Å²) in [6.07, 6.45) is 6.13. The second-order valence-corrected chi connectivity index (χ2v) is 7.90. The Hall–Kier alpha value is -2.38. The Bertz CT molecular complexity index is 991. The van der Waals surface area contributed by atoms with Crippen LogP contribution in [0, 0.1) is 0 Å². The van der Waals surface area contributed by atoms with Crippen molar-refractivity contribution >= 4 is 50.7 Å². The molecule has 6 nitrogen and oxygen atoms in total. The van der Waals surface area contributed by atoms with Crippen molar-refractivity contribution in [2.45, 2.75) is 31.7 Å². The summed E-state index contributed by atoms with van der Waals surface area (Å²) >= 11 is 7.53. The normalized spacial score (nSPS) is 14.6. The SMILES string of the molecule is O=C(COC(=O)c1sc2ccccc2c1Cl)Nc1ccnn1C1CCCC1. The van der Waals surface area contributed by atoms with Crippen LogP contribution in [0.15, 0.2) is 36.5 Å². The average Bonchev–Trinajstić information content (AvgIpc) is 3.40. The van der Waals surface area contributed by atoms with Crippen molar-refractivity contribution < 1.29 is 14.3 Å². The molecule has 3 aromatic rings. The standard InChI is InChI=1S/C19H18ClN3O3S/c20-17-13-7-3-4-8-14(13)27-18(17)19(25)26-11-16(24)22-15-9-10-21-23(15)12-5-1-2-6-12/h3-4,7-10,12H,1-2,5-6,11H2,(H,22,24). The zero-order chi connectivity index (χ0) is 18.8. The third-order valence-electron chi connectivity index (χ3n) is 4.66. The highest BCUT2D eigenvalue weighted by atomic mass is 35.5. The molecule has 0 spiro atoms. The van der Waals surface area contributed by atoms with E-state index < -0.39 is 11.9 Å². The monoisotopic (exact) mass is 403 g/mol. The Kier molecular flexibility index (Phi) is 5.13. The van der Waals surface area contributed by atoms with Gasteiger partial charge in [-0.15, -0.1) is 11.3 Å². The van der Waals surface area contributed by atoms with Gasteiger partial charge < -0.3 is 10.1 Å². The molecule has 1 aromatic carbocycles. The van der Waals surface area contributed by atoms with Gasteiger partial charge in [0.25, 0.3) is 5.91 Å². The van der Waals surface area contributed by atoms with Crippen LogP contribution in [-0.4, -0.2) is 28.3 Å². The van der Waals surface area contributed by atoms with Crippen LogP contribution in [0.3, 0.4) is 0 Å². The van der Waals surface area contributed by atoms with E-state index in [2.05, 4.69) is 10.4 Å². The number of nitrogens with zero attached hydrogens (tertiary/aromatic N) is 2. The first-order valence-electron chi connectivity index (χ1n) is 8.81. The number of amides is 1. The molecule has 0 saturated heterocycles. The van der Waals surface area contributed by atoms with Gasteiger partial charge in [-0.1, -0.05) is 42.6 Å². The zero-order valence-electron chi connectivity index (χ0n) is 14.5. The number of hydrogen-bond acceptors (Lipinski definition) is 5. The van der Waals surface area contributed by atoms with Crippen molar-refractivity contribution in [2.75, 3.05) is 11.9 Å². The molecule has 0 atom stereocenters. The Balaban J connectivity index is 1.38. The predicted molar refractivity (Wildman–Crippen MR) is 105 cm³/mol. The highest BCUT2D eigenvalue weighted by Crippen LogP contribution is 2.35. The molecule has 140 valence electrons. The number of ether oxygens (including phenoxy) is 1. The van der Waals surface area contributed by atoms with Crippen molar-refractivity contribution in [3.8, 4) is 0 Å². The van der Waals surface area contributed by atoms with Gasteiger partial charge in [0.1, 0.15) is 10.7 Å². The summed E-state index contributed by atoms with van der Waals surface area (Å²) in [5.74, 6) is -0.371. The van der Waals surface area contributed by atoms with E-state index in [0.717, 1.165) is 22.9 Å². The first-order valence-corrected chi connectivity index (χ1v) is 10.0. The van der Waals surface area contributed by atoms with E-state index >= 15 is 0 Å². The highest BCUT2D eigenvalue weighted by molar-refractivity contribution is 7.21. The van der Waals surface area contributed by atoms with E-state index in [4.69, 9.17) is 16.3 Å². The molecule has 0 unspecified atom stereocenters. The predicted octanol–water partition coefficient (Wildman–Crippen LogP) is 4.66. The summed E-state index contributed by atoms with van der Waals surface area (Å²) in [5.41, 5.74) is 0. The van der Waals surface area contributed by atoms with Crippen molar-refractivity contribution in [2.24, 2.45) is 0 Å². The Morgan fingerprint density at radius 3 is 2.81 bits per heavy atom. The van der Waals surface area contributed by atoms with E-state index in [1.807, 2.05) is 28.9 Å². The van der Waals surface area contributed by atoms with Crippen LogP contribution in [0.5, 0.6) is 0 Å². The van der Waals surface area contributed by atoms with Crippen LogP contribution in [0.2, 0.25) is 5.02 Å². The minimum atomic E-state index is -0.597. The first-order chi connectivity index (χ1) is 13.1. The van der Waals surface area contributed by atoms with Gasteiger partial charge in [-0.3, -0.25) is 4.79 Å². The second kappa shape index (κ2) is 7.70. The molecule has 2 heterocycles. The minimum absolute atomic E-state index is 0.307. The van der Waals surface area contributed by atoms with E-state index in [-0.39, 0.29) is 6.61 Å². The number of thiophene rings is 1. The molecule has 1 fully saturated rings. The lowest BCUT2D eigenvalue weighted by Gasteiger charge is -2.14. The van der Waals surface area contributed by atoms with Crippen LogP contribution in [-0.2, 0) is 9.53 Å². The molecule has 1 amide bonds. The third-order valence-corrected chi connectivity index (χ3v) is 6.32. The fourth-order valence-corrected chi connectivity index (χ4v) is 4.78. The Morgan fingerprint density at radius 2 is 2.04 bits per heavy atom. The molecule has 1 aliphatic carbocycles. The van der Waals surface area contributed by atoms with Gasteiger partial charge in [-0.05, 0) is 18.9 Å². The first kappa shape index (κ1) is 18.0. The van der Waals surface area contributed by atoms with Crippen molar-refractivity contribution in [3.63, 3.8) is 0 Å². The molecule has 0 radical (unpaired) electrons. The molecule has 0 aliphatic heterocycles. The van der Waals surface area contributed by atoms with Crippen LogP contribution >= 0.6 is 22.9 Å². The molecule has 2 aromatic heterocycles. The fraction of sp³-hybridized carbons (Fsp3) is 0.316. The maximum atomic E-state index is 12.3. The minimum Gasteiger partial charge on any atom is -0.451 e. The Labute approximate surface area is 165 Å². The zero-order valence-corrected chi connectivity index (χ0v) is 16.1. The van der Waals surface area contributed by atoms with Gasteiger partial charge in [-0.2, -0.15) is 5.10 Å². The van der Waals surface area contributed by atoms with Gasteiger partial charge in [0.2, 0.25) is 0 Å². The smallest absolute Gasteiger partial charge is 0.350 e. The molecule has 1 aliphatic rings. The lowest BCUT2D eigenvalue weighted by molar-refractivity contribution is -0.119. The number of carbonyl (C=O) groups is 2. The van der Waals surface area contributed by atoms with Gasteiger partial charge in [-0.25, -0.2) is 9.48 Å². The topological polar surface area (TPSA) is 73.2 Å². The third kappa shape index (κ3) is 3.70. The number of carbonyl (C=O) groups excluding carboxylic acids is 2. The largest absolute Gasteiger partial charge is 0.451 e. The van der Waals surface area contributed by atoms with Crippen LogP contribution < -0.4 is 5.32 Å². The van der Waals surface area contributed by atoms with E-state index in [1.165, 1.54) is 24.2 Å². The highest BCUT2D eigenvalue weighted by Gasteiger charge is 2.22. The fourth-order valence-electron chi connectivity index (χ4n) is 3.37.